The number of fused-ring (bicyclic) bond motifs is 1. The number of piperazine rings is 1. The molecule has 1 heterocycles. The van der Waals surface area contributed by atoms with E-state index in [1.165, 1.54) is 0 Å². The van der Waals surface area contributed by atoms with Crippen LogP contribution >= 0.6 is 27.5 Å². The minimum absolute atomic E-state index is 0.162. The molecule has 0 aliphatic carbocycles. The van der Waals surface area contributed by atoms with Crippen molar-refractivity contribution >= 4 is 61.5 Å². The van der Waals surface area contributed by atoms with Crippen molar-refractivity contribution in [2.24, 2.45) is 0 Å². The average Bonchev–Trinajstić information content (AvgIpc) is 2.79. The standard InChI is InChI=1S/C24H23BrClN3O2/c1-2-22(30)28-12-14-29(15-13-28)23-20(26)10-5-11-21(23)27-24(31)18-8-3-7-17-16(18)6-4-9-19(17)25/h3-11H,2,12-15H2,1H3,(H,27,31). The Bertz CT molecular complexity index is 1140. The molecule has 0 radical (unpaired) electrons. The lowest BCUT2D eigenvalue weighted by Gasteiger charge is -2.37. The molecule has 1 aliphatic heterocycles. The van der Waals surface area contributed by atoms with E-state index < -0.39 is 0 Å². The topological polar surface area (TPSA) is 52.7 Å². The second kappa shape index (κ2) is 9.28. The van der Waals surface area contributed by atoms with E-state index in [2.05, 4.69) is 26.1 Å². The largest absolute Gasteiger partial charge is 0.365 e. The number of carbonyl (C=O) groups is 2. The lowest BCUT2D eigenvalue weighted by Crippen LogP contribution is -2.48. The van der Waals surface area contributed by atoms with Crippen molar-refractivity contribution in [2.75, 3.05) is 36.4 Å². The van der Waals surface area contributed by atoms with Crippen LogP contribution < -0.4 is 10.2 Å². The second-order valence-corrected chi connectivity index (χ2v) is 8.71. The summed E-state index contributed by atoms with van der Waals surface area (Å²) in [4.78, 5) is 29.2. The van der Waals surface area contributed by atoms with Crippen LogP contribution in [0.25, 0.3) is 10.8 Å². The third-order valence-electron chi connectivity index (χ3n) is 5.60. The SMILES string of the molecule is CCC(=O)N1CCN(c2c(Cl)cccc2NC(=O)c2cccc3c(Br)cccc23)CC1. The molecule has 160 valence electrons. The Hall–Kier alpha value is -2.57. The van der Waals surface area contributed by atoms with Crippen molar-refractivity contribution in [3.63, 3.8) is 0 Å². The Morgan fingerprint density at radius 3 is 2.39 bits per heavy atom. The number of carbonyl (C=O) groups excluding carboxylic acids is 2. The summed E-state index contributed by atoms with van der Waals surface area (Å²) in [5, 5.41) is 5.50. The molecule has 0 unspecified atom stereocenters. The van der Waals surface area contributed by atoms with Gasteiger partial charge in [-0.15, -0.1) is 0 Å². The number of anilines is 2. The van der Waals surface area contributed by atoms with Gasteiger partial charge in [0.25, 0.3) is 5.91 Å². The summed E-state index contributed by atoms with van der Waals surface area (Å²) in [6.07, 6.45) is 0.508. The smallest absolute Gasteiger partial charge is 0.256 e. The number of halogens is 2. The van der Waals surface area contributed by atoms with Gasteiger partial charge in [-0.2, -0.15) is 0 Å². The summed E-state index contributed by atoms with van der Waals surface area (Å²) in [6, 6.07) is 17.0. The highest BCUT2D eigenvalue weighted by Gasteiger charge is 2.24. The van der Waals surface area contributed by atoms with Gasteiger partial charge in [0.2, 0.25) is 5.91 Å². The van der Waals surface area contributed by atoms with Gasteiger partial charge in [-0.1, -0.05) is 64.8 Å². The molecule has 0 aromatic heterocycles. The fourth-order valence-electron chi connectivity index (χ4n) is 4.00. The molecule has 1 N–H and O–H groups in total. The number of rotatable bonds is 4. The van der Waals surface area contributed by atoms with Gasteiger partial charge in [0.15, 0.2) is 0 Å². The normalized spacial score (nSPS) is 14.0. The highest BCUT2D eigenvalue weighted by molar-refractivity contribution is 9.10. The molecule has 0 spiro atoms. The number of nitrogens with zero attached hydrogens (tertiary/aromatic N) is 2. The fourth-order valence-corrected chi connectivity index (χ4v) is 4.79. The molecule has 0 bridgehead atoms. The maximum atomic E-state index is 13.2. The van der Waals surface area contributed by atoms with Gasteiger partial charge in [-0.25, -0.2) is 0 Å². The predicted molar refractivity (Wildman–Crippen MR) is 130 cm³/mol. The Morgan fingerprint density at radius 2 is 1.65 bits per heavy atom. The van der Waals surface area contributed by atoms with Gasteiger partial charge in [-0.3, -0.25) is 9.59 Å². The first-order valence-corrected chi connectivity index (χ1v) is 11.5. The van der Waals surface area contributed by atoms with Gasteiger partial charge in [0.05, 0.1) is 16.4 Å². The zero-order valence-electron chi connectivity index (χ0n) is 17.2. The van der Waals surface area contributed by atoms with Crippen LogP contribution in [0.2, 0.25) is 5.02 Å². The van der Waals surface area contributed by atoms with Crippen LogP contribution in [0.4, 0.5) is 11.4 Å². The van der Waals surface area contributed by atoms with Crippen LogP contribution in [0, 0.1) is 0 Å². The molecule has 31 heavy (non-hydrogen) atoms. The van der Waals surface area contributed by atoms with Gasteiger partial charge in [0.1, 0.15) is 0 Å². The first-order valence-electron chi connectivity index (χ1n) is 10.3. The lowest BCUT2D eigenvalue weighted by atomic mass is 10.0. The van der Waals surface area contributed by atoms with Crippen molar-refractivity contribution in [2.45, 2.75) is 13.3 Å². The van der Waals surface area contributed by atoms with E-state index in [0.29, 0.717) is 48.9 Å². The summed E-state index contributed by atoms with van der Waals surface area (Å²) in [5.41, 5.74) is 2.06. The van der Waals surface area contributed by atoms with Crippen LogP contribution in [0.5, 0.6) is 0 Å². The van der Waals surface area contributed by atoms with E-state index in [1.54, 1.807) is 0 Å². The molecule has 0 saturated carbocycles. The third kappa shape index (κ3) is 4.41. The van der Waals surface area contributed by atoms with Gasteiger partial charge < -0.3 is 15.1 Å². The van der Waals surface area contributed by atoms with Crippen molar-refractivity contribution in [1.82, 2.24) is 4.90 Å². The molecule has 1 fully saturated rings. The number of hydrogen-bond acceptors (Lipinski definition) is 3. The summed E-state index contributed by atoms with van der Waals surface area (Å²) < 4.78 is 0.947. The predicted octanol–water partition coefficient (Wildman–Crippen LogP) is 5.57. The minimum atomic E-state index is -0.188. The number of benzene rings is 3. The highest BCUT2D eigenvalue weighted by Crippen LogP contribution is 2.35. The number of amides is 2. The Balaban J connectivity index is 1.61. The molecule has 1 saturated heterocycles. The first-order chi connectivity index (χ1) is 15.0. The molecular formula is C24H23BrClN3O2. The van der Waals surface area contributed by atoms with Crippen LogP contribution in [0.3, 0.4) is 0 Å². The van der Waals surface area contributed by atoms with Crippen LogP contribution in [0.15, 0.2) is 59.1 Å². The summed E-state index contributed by atoms with van der Waals surface area (Å²) in [5.74, 6) is -0.0264. The van der Waals surface area contributed by atoms with E-state index in [-0.39, 0.29) is 11.8 Å². The maximum Gasteiger partial charge on any atom is 0.256 e. The van der Waals surface area contributed by atoms with Crippen LogP contribution in [-0.2, 0) is 4.79 Å². The van der Waals surface area contributed by atoms with Gasteiger partial charge in [0, 0.05) is 42.6 Å². The molecule has 2 amide bonds. The monoisotopic (exact) mass is 499 g/mol. The van der Waals surface area contributed by atoms with E-state index in [0.717, 1.165) is 20.9 Å². The molecule has 0 atom stereocenters. The zero-order chi connectivity index (χ0) is 22.0. The van der Waals surface area contributed by atoms with Gasteiger partial charge in [-0.05, 0) is 35.0 Å². The van der Waals surface area contributed by atoms with Crippen molar-refractivity contribution in [1.29, 1.82) is 0 Å². The summed E-state index contributed by atoms with van der Waals surface area (Å²) >= 11 is 10.1. The number of para-hydroxylation sites is 1. The van der Waals surface area contributed by atoms with E-state index in [9.17, 15) is 9.59 Å². The molecule has 3 aromatic carbocycles. The van der Waals surface area contributed by atoms with Crippen LogP contribution in [0.1, 0.15) is 23.7 Å². The zero-order valence-corrected chi connectivity index (χ0v) is 19.5. The first kappa shape index (κ1) is 21.7. The highest BCUT2D eigenvalue weighted by atomic mass is 79.9. The minimum Gasteiger partial charge on any atom is -0.365 e. The average molecular weight is 501 g/mol. The Morgan fingerprint density at radius 1 is 0.968 bits per heavy atom. The Kier molecular flexibility index (Phi) is 6.49. The molecule has 7 heteroatoms. The maximum absolute atomic E-state index is 13.2. The second-order valence-electron chi connectivity index (χ2n) is 7.45. The van der Waals surface area contributed by atoms with Crippen LogP contribution in [-0.4, -0.2) is 42.9 Å². The number of hydrogen-bond donors (Lipinski definition) is 1. The van der Waals surface area contributed by atoms with Crippen molar-refractivity contribution in [3.05, 3.63) is 69.7 Å². The van der Waals surface area contributed by atoms with E-state index in [4.69, 9.17) is 11.6 Å². The van der Waals surface area contributed by atoms with Crippen molar-refractivity contribution in [3.8, 4) is 0 Å². The molecule has 4 rings (SSSR count). The molecule has 1 aliphatic rings. The van der Waals surface area contributed by atoms with E-state index in [1.807, 2.05) is 66.4 Å². The van der Waals surface area contributed by atoms with Crippen molar-refractivity contribution < 1.29 is 9.59 Å². The number of nitrogens with one attached hydrogen (secondary N) is 1. The quantitative estimate of drug-likeness (QED) is 0.510. The lowest BCUT2D eigenvalue weighted by molar-refractivity contribution is -0.131. The third-order valence-corrected chi connectivity index (χ3v) is 6.60. The van der Waals surface area contributed by atoms with E-state index >= 15 is 0 Å². The molecular weight excluding hydrogens is 478 g/mol. The fraction of sp³-hybridized carbons (Fsp3) is 0.250. The molecule has 5 nitrogen and oxygen atoms in total. The molecule has 3 aromatic rings. The summed E-state index contributed by atoms with van der Waals surface area (Å²) in [6.45, 7) is 4.49. The summed E-state index contributed by atoms with van der Waals surface area (Å²) in [7, 11) is 0. The Labute approximate surface area is 195 Å². The van der Waals surface area contributed by atoms with Gasteiger partial charge >= 0.3 is 0 Å².